The Morgan fingerprint density at radius 2 is 1.70 bits per heavy atom. The number of ether oxygens (including phenoxy) is 3. The Morgan fingerprint density at radius 3 is 2.51 bits per heavy atom. The minimum atomic E-state index is -0.126. The van der Waals surface area contributed by atoms with Crippen molar-refractivity contribution in [3.05, 3.63) is 84.1 Å². The van der Waals surface area contributed by atoms with E-state index in [4.69, 9.17) is 19.2 Å². The summed E-state index contributed by atoms with van der Waals surface area (Å²) in [7, 11) is 1.68. The average Bonchev–Trinajstić information content (AvgIpc) is 3.43. The van der Waals surface area contributed by atoms with Crippen LogP contribution < -0.4 is 29.3 Å². The number of nitrogens with one attached hydrogen (secondary N) is 1. The molecule has 0 saturated carbocycles. The van der Waals surface area contributed by atoms with Gasteiger partial charge in [0.05, 0.1) is 7.11 Å². The van der Waals surface area contributed by atoms with Crippen LogP contribution in [0.5, 0.6) is 17.2 Å². The number of fused-ring (bicyclic) bond motifs is 2. The lowest BCUT2D eigenvalue weighted by Crippen LogP contribution is -2.46. The van der Waals surface area contributed by atoms with Crippen LogP contribution in [-0.2, 0) is 6.54 Å². The summed E-state index contributed by atoms with van der Waals surface area (Å²) in [5, 5.41) is 5.06. The fourth-order valence-electron chi connectivity index (χ4n) is 4.85. The molecule has 3 aromatic carbocycles. The maximum Gasteiger partial charge on any atom is 0.251 e. The Balaban J connectivity index is 1.15. The summed E-state index contributed by atoms with van der Waals surface area (Å²) in [6, 6.07) is 21.7. The minimum Gasteiger partial charge on any atom is -0.497 e. The molecule has 1 amide bonds. The lowest BCUT2D eigenvalue weighted by molar-refractivity contribution is 0.0951. The molecular weight excluding hydrogens is 468 g/mol. The molecule has 0 bridgehead atoms. The number of benzene rings is 3. The zero-order valence-corrected chi connectivity index (χ0v) is 20.6. The molecule has 0 spiro atoms. The molecule has 188 valence electrons. The van der Waals surface area contributed by atoms with Crippen molar-refractivity contribution in [1.29, 1.82) is 0 Å². The second-order valence-electron chi connectivity index (χ2n) is 9.11. The van der Waals surface area contributed by atoms with Crippen LogP contribution in [0.25, 0.3) is 10.8 Å². The van der Waals surface area contributed by atoms with Crippen LogP contribution in [-0.4, -0.2) is 51.0 Å². The van der Waals surface area contributed by atoms with Gasteiger partial charge in [0.15, 0.2) is 11.5 Å². The summed E-state index contributed by atoms with van der Waals surface area (Å²) >= 11 is 0. The maximum atomic E-state index is 13.0. The van der Waals surface area contributed by atoms with Crippen molar-refractivity contribution in [3.63, 3.8) is 0 Å². The molecule has 1 fully saturated rings. The number of rotatable bonds is 6. The fraction of sp³-hybridized carbons (Fsp3) is 0.241. The molecule has 6 rings (SSSR count). The van der Waals surface area contributed by atoms with E-state index in [1.807, 2.05) is 60.8 Å². The highest BCUT2D eigenvalue weighted by molar-refractivity contribution is 6.01. The largest absolute Gasteiger partial charge is 0.497 e. The first-order valence-electron chi connectivity index (χ1n) is 12.4. The molecular formula is C29H28N4O4. The second kappa shape index (κ2) is 9.89. The highest BCUT2D eigenvalue weighted by Gasteiger charge is 2.21. The Labute approximate surface area is 215 Å². The smallest absolute Gasteiger partial charge is 0.251 e. The molecule has 0 aliphatic carbocycles. The molecule has 8 heteroatoms. The van der Waals surface area contributed by atoms with E-state index in [2.05, 4.69) is 27.2 Å². The Bertz CT molecular complexity index is 1430. The first-order chi connectivity index (χ1) is 18.2. The Morgan fingerprint density at radius 1 is 0.919 bits per heavy atom. The van der Waals surface area contributed by atoms with E-state index in [1.165, 1.54) is 5.69 Å². The second-order valence-corrected chi connectivity index (χ2v) is 9.11. The summed E-state index contributed by atoms with van der Waals surface area (Å²) in [6.07, 6.45) is 1.84. The van der Waals surface area contributed by atoms with Gasteiger partial charge >= 0.3 is 0 Å². The van der Waals surface area contributed by atoms with Crippen LogP contribution in [0.15, 0.2) is 72.9 Å². The van der Waals surface area contributed by atoms with Crippen molar-refractivity contribution in [1.82, 2.24) is 10.3 Å². The molecule has 4 aromatic rings. The molecule has 2 aliphatic heterocycles. The van der Waals surface area contributed by atoms with Gasteiger partial charge in [-0.05, 0) is 65.5 Å². The van der Waals surface area contributed by atoms with Gasteiger partial charge in [-0.25, -0.2) is 4.98 Å². The zero-order chi connectivity index (χ0) is 25.2. The normalized spacial score (nSPS) is 14.6. The lowest BCUT2D eigenvalue weighted by Gasteiger charge is -2.37. The van der Waals surface area contributed by atoms with Gasteiger partial charge in [0.2, 0.25) is 6.79 Å². The van der Waals surface area contributed by atoms with Crippen LogP contribution in [0, 0.1) is 0 Å². The number of carbonyl (C=O) groups is 1. The Hall–Kier alpha value is -4.46. The summed E-state index contributed by atoms with van der Waals surface area (Å²) in [5.74, 6) is 3.09. The van der Waals surface area contributed by atoms with Crippen molar-refractivity contribution in [2.45, 2.75) is 6.54 Å². The number of anilines is 2. The molecule has 37 heavy (non-hydrogen) atoms. The van der Waals surface area contributed by atoms with E-state index in [0.717, 1.165) is 59.8 Å². The van der Waals surface area contributed by atoms with E-state index < -0.39 is 0 Å². The molecule has 1 saturated heterocycles. The third kappa shape index (κ3) is 4.70. The first-order valence-corrected chi connectivity index (χ1v) is 12.4. The average molecular weight is 497 g/mol. The molecule has 1 N–H and O–H groups in total. The molecule has 3 heterocycles. The molecule has 0 atom stereocenters. The monoisotopic (exact) mass is 496 g/mol. The summed E-state index contributed by atoms with van der Waals surface area (Å²) < 4.78 is 16.1. The van der Waals surface area contributed by atoms with Crippen molar-refractivity contribution >= 4 is 28.2 Å². The highest BCUT2D eigenvalue weighted by atomic mass is 16.7. The van der Waals surface area contributed by atoms with E-state index in [-0.39, 0.29) is 12.7 Å². The van der Waals surface area contributed by atoms with Crippen LogP contribution >= 0.6 is 0 Å². The quantitative estimate of drug-likeness (QED) is 0.428. The van der Waals surface area contributed by atoms with E-state index in [0.29, 0.717) is 17.9 Å². The third-order valence-electron chi connectivity index (χ3n) is 6.91. The fourth-order valence-corrected chi connectivity index (χ4v) is 4.85. The zero-order valence-electron chi connectivity index (χ0n) is 20.6. The summed E-state index contributed by atoms with van der Waals surface area (Å²) in [5.41, 5.74) is 2.75. The molecule has 0 radical (unpaired) electrons. The van der Waals surface area contributed by atoms with Crippen LogP contribution in [0.3, 0.4) is 0 Å². The van der Waals surface area contributed by atoms with Crippen molar-refractivity contribution in [3.8, 4) is 17.2 Å². The van der Waals surface area contributed by atoms with E-state index in [9.17, 15) is 4.79 Å². The summed E-state index contributed by atoms with van der Waals surface area (Å²) in [4.78, 5) is 22.4. The van der Waals surface area contributed by atoms with Gasteiger partial charge in [-0.2, -0.15) is 0 Å². The lowest BCUT2D eigenvalue weighted by atomic mass is 10.1. The first kappa shape index (κ1) is 23.0. The van der Waals surface area contributed by atoms with Gasteiger partial charge in [-0.15, -0.1) is 0 Å². The molecule has 0 unspecified atom stereocenters. The van der Waals surface area contributed by atoms with Gasteiger partial charge in [-0.3, -0.25) is 4.79 Å². The van der Waals surface area contributed by atoms with Gasteiger partial charge < -0.3 is 29.3 Å². The number of amides is 1. The van der Waals surface area contributed by atoms with Crippen LogP contribution in [0.1, 0.15) is 15.9 Å². The SMILES string of the molecule is COc1ccc(N2CCN(c3nccc4ccc(C(=O)NCc5ccc6c(c5)OCO6)cc34)CC2)cc1. The summed E-state index contributed by atoms with van der Waals surface area (Å²) in [6.45, 7) is 4.10. The topological polar surface area (TPSA) is 76.2 Å². The molecule has 8 nitrogen and oxygen atoms in total. The maximum absolute atomic E-state index is 13.0. The number of aromatic nitrogens is 1. The number of methoxy groups -OCH3 is 1. The third-order valence-corrected chi connectivity index (χ3v) is 6.91. The van der Waals surface area contributed by atoms with Crippen molar-refractivity contribution in [2.75, 3.05) is 49.9 Å². The van der Waals surface area contributed by atoms with Crippen molar-refractivity contribution < 1.29 is 19.0 Å². The number of piperazine rings is 1. The Kier molecular flexibility index (Phi) is 6.14. The van der Waals surface area contributed by atoms with E-state index >= 15 is 0 Å². The van der Waals surface area contributed by atoms with Crippen LogP contribution in [0.4, 0.5) is 11.5 Å². The van der Waals surface area contributed by atoms with E-state index in [1.54, 1.807) is 7.11 Å². The van der Waals surface area contributed by atoms with Gasteiger partial charge in [0.1, 0.15) is 11.6 Å². The van der Waals surface area contributed by atoms with Crippen molar-refractivity contribution in [2.24, 2.45) is 0 Å². The minimum absolute atomic E-state index is 0.126. The number of carbonyl (C=O) groups excluding carboxylic acids is 1. The number of hydrogen-bond acceptors (Lipinski definition) is 7. The van der Waals surface area contributed by atoms with Gasteiger partial charge in [-0.1, -0.05) is 12.1 Å². The predicted molar refractivity (Wildman–Crippen MR) is 143 cm³/mol. The molecule has 2 aliphatic rings. The number of hydrogen-bond donors (Lipinski definition) is 1. The highest BCUT2D eigenvalue weighted by Crippen LogP contribution is 2.32. The van der Waals surface area contributed by atoms with Gasteiger partial charge in [0, 0.05) is 55.6 Å². The molecule has 1 aromatic heterocycles. The van der Waals surface area contributed by atoms with Crippen LogP contribution in [0.2, 0.25) is 0 Å². The predicted octanol–water partition coefficient (Wildman–Crippen LogP) is 4.23. The number of pyridine rings is 1. The standard InChI is InChI=1S/C29H28N4O4/c1-35-24-7-5-23(6-8-24)32-12-14-33(15-13-32)28-25-17-22(4-3-21(25)10-11-30-28)29(34)31-18-20-2-9-26-27(16-20)37-19-36-26/h2-11,16-17H,12-15,18-19H2,1H3,(H,31,34). The number of nitrogens with zero attached hydrogens (tertiary/aromatic N) is 3. The van der Waals surface area contributed by atoms with Gasteiger partial charge in [0.25, 0.3) is 5.91 Å².